The van der Waals surface area contributed by atoms with E-state index < -0.39 is 11.6 Å². The summed E-state index contributed by atoms with van der Waals surface area (Å²) in [4.78, 5) is 2.19. The molecule has 17 heavy (non-hydrogen) atoms. The predicted octanol–water partition coefficient (Wildman–Crippen LogP) is 2.05. The smallest absolute Gasteiger partial charge is 0.159 e. The third-order valence-corrected chi connectivity index (χ3v) is 2.73. The molecular weight excluding hydrogens is 222 g/mol. The second-order valence-corrected chi connectivity index (χ2v) is 4.26. The van der Waals surface area contributed by atoms with Gasteiger partial charge < -0.3 is 10.2 Å². The van der Waals surface area contributed by atoms with Gasteiger partial charge in [-0.2, -0.15) is 0 Å². The van der Waals surface area contributed by atoms with Gasteiger partial charge in [0.2, 0.25) is 0 Å². The van der Waals surface area contributed by atoms with Crippen LogP contribution in [0.1, 0.15) is 12.0 Å². The lowest BCUT2D eigenvalue weighted by molar-refractivity contribution is 0.332. The normalized spacial score (nSPS) is 11.1. The van der Waals surface area contributed by atoms with Gasteiger partial charge in [0.25, 0.3) is 0 Å². The zero-order chi connectivity index (χ0) is 12.7. The van der Waals surface area contributed by atoms with Crippen LogP contribution in [0.2, 0.25) is 0 Å². The number of nitrogens with zero attached hydrogens (tertiary/aromatic N) is 1. The summed E-state index contributed by atoms with van der Waals surface area (Å²) in [5.41, 5.74) is 0.837. The number of hydrogen-bond donors (Lipinski definition) is 1. The third kappa shape index (κ3) is 5.24. The van der Waals surface area contributed by atoms with Crippen molar-refractivity contribution in [3.8, 4) is 0 Å². The van der Waals surface area contributed by atoms with Gasteiger partial charge in [0.1, 0.15) is 0 Å². The fourth-order valence-electron chi connectivity index (χ4n) is 1.65. The highest BCUT2D eigenvalue weighted by molar-refractivity contribution is 5.18. The summed E-state index contributed by atoms with van der Waals surface area (Å²) < 4.78 is 25.7. The van der Waals surface area contributed by atoms with Gasteiger partial charge in [-0.1, -0.05) is 6.07 Å². The quantitative estimate of drug-likeness (QED) is 0.736. The van der Waals surface area contributed by atoms with Crippen molar-refractivity contribution in [3.05, 3.63) is 35.4 Å². The van der Waals surface area contributed by atoms with E-state index in [0.29, 0.717) is 0 Å². The molecule has 4 heteroatoms. The van der Waals surface area contributed by atoms with Gasteiger partial charge in [-0.05, 0) is 57.7 Å². The van der Waals surface area contributed by atoms with Crippen LogP contribution in [0.3, 0.4) is 0 Å². The predicted molar refractivity (Wildman–Crippen MR) is 66.1 cm³/mol. The molecule has 0 spiro atoms. The highest BCUT2D eigenvalue weighted by Gasteiger charge is 2.04. The molecule has 1 aromatic rings. The Balaban J connectivity index is 2.31. The van der Waals surface area contributed by atoms with Crippen molar-refractivity contribution < 1.29 is 8.78 Å². The van der Waals surface area contributed by atoms with Crippen LogP contribution in [-0.4, -0.2) is 38.6 Å². The maximum atomic E-state index is 13.0. The van der Waals surface area contributed by atoms with E-state index in [1.165, 1.54) is 12.1 Å². The summed E-state index contributed by atoms with van der Waals surface area (Å²) in [7, 11) is 3.97. The molecule has 0 aliphatic carbocycles. The Bertz CT molecular complexity index is 342. The minimum atomic E-state index is -0.781. The summed E-state index contributed by atoms with van der Waals surface area (Å²) in [6.45, 7) is 2.86. The third-order valence-electron chi connectivity index (χ3n) is 2.73. The molecule has 0 aromatic heterocycles. The van der Waals surface area contributed by atoms with Crippen LogP contribution < -0.4 is 5.32 Å². The molecule has 96 valence electrons. The van der Waals surface area contributed by atoms with Gasteiger partial charge in [-0.3, -0.25) is 0 Å². The SMILES string of the molecule is CNCCCN(C)CCc1ccc(F)c(F)c1. The minimum Gasteiger partial charge on any atom is -0.320 e. The Labute approximate surface area is 102 Å². The van der Waals surface area contributed by atoms with Gasteiger partial charge >= 0.3 is 0 Å². The Hall–Kier alpha value is -1.00. The van der Waals surface area contributed by atoms with Gasteiger partial charge in [0.05, 0.1) is 0 Å². The molecule has 0 amide bonds. The Kier molecular flexibility index (Phi) is 6.08. The van der Waals surface area contributed by atoms with Crippen molar-refractivity contribution in [2.24, 2.45) is 0 Å². The van der Waals surface area contributed by atoms with Crippen LogP contribution in [-0.2, 0) is 6.42 Å². The number of hydrogen-bond acceptors (Lipinski definition) is 2. The standard InChI is InChI=1S/C13H20F2N2/c1-16-7-3-8-17(2)9-6-11-4-5-12(14)13(15)10-11/h4-5,10,16H,3,6-9H2,1-2H3. The maximum absolute atomic E-state index is 13.0. The lowest BCUT2D eigenvalue weighted by Crippen LogP contribution is -2.25. The van der Waals surface area contributed by atoms with E-state index in [1.54, 1.807) is 6.07 Å². The molecule has 0 fully saturated rings. The highest BCUT2D eigenvalue weighted by atomic mass is 19.2. The largest absolute Gasteiger partial charge is 0.320 e. The van der Waals surface area contributed by atoms with E-state index in [-0.39, 0.29) is 0 Å². The van der Waals surface area contributed by atoms with Crippen LogP contribution in [0.4, 0.5) is 8.78 Å². The summed E-state index contributed by atoms with van der Waals surface area (Å²) in [6, 6.07) is 4.10. The fraction of sp³-hybridized carbons (Fsp3) is 0.538. The lowest BCUT2D eigenvalue weighted by Gasteiger charge is -2.16. The monoisotopic (exact) mass is 242 g/mol. The summed E-state index contributed by atoms with van der Waals surface area (Å²) in [6.07, 6.45) is 1.83. The van der Waals surface area contributed by atoms with Crippen molar-refractivity contribution in [1.29, 1.82) is 0 Å². The summed E-state index contributed by atoms with van der Waals surface area (Å²) >= 11 is 0. The molecule has 0 bridgehead atoms. The van der Waals surface area contributed by atoms with E-state index >= 15 is 0 Å². The molecule has 0 radical (unpaired) electrons. The molecule has 0 unspecified atom stereocenters. The van der Waals surface area contributed by atoms with E-state index in [2.05, 4.69) is 10.2 Å². The molecule has 0 heterocycles. The van der Waals surface area contributed by atoms with Crippen molar-refractivity contribution in [2.45, 2.75) is 12.8 Å². The topological polar surface area (TPSA) is 15.3 Å². The molecular formula is C13H20F2N2. The van der Waals surface area contributed by atoms with Crippen LogP contribution in [0.15, 0.2) is 18.2 Å². The molecule has 0 aliphatic heterocycles. The van der Waals surface area contributed by atoms with E-state index in [9.17, 15) is 8.78 Å². The molecule has 1 aromatic carbocycles. The number of nitrogens with one attached hydrogen (secondary N) is 1. The van der Waals surface area contributed by atoms with Gasteiger partial charge in [-0.15, -0.1) is 0 Å². The molecule has 0 saturated carbocycles. The first-order valence-electron chi connectivity index (χ1n) is 5.90. The molecule has 2 nitrogen and oxygen atoms in total. The second-order valence-electron chi connectivity index (χ2n) is 4.26. The summed E-state index contributed by atoms with van der Waals surface area (Å²) in [5, 5.41) is 3.09. The van der Waals surface area contributed by atoms with Crippen LogP contribution in [0, 0.1) is 11.6 Å². The van der Waals surface area contributed by atoms with E-state index in [0.717, 1.165) is 38.0 Å². The number of benzene rings is 1. The Morgan fingerprint density at radius 1 is 1.18 bits per heavy atom. The van der Waals surface area contributed by atoms with Crippen LogP contribution >= 0.6 is 0 Å². The zero-order valence-electron chi connectivity index (χ0n) is 10.5. The average molecular weight is 242 g/mol. The molecule has 0 atom stereocenters. The molecule has 1 rings (SSSR count). The number of rotatable bonds is 7. The number of halogens is 2. The van der Waals surface area contributed by atoms with Crippen LogP contribution in [0.25, 0.3) is 0 Å². The van der Waals surface area contributed by atoms with Crippen molar-refractivity contribution >= 4 is 0 Å². The average Bonchev–Trinajstić information content (AvgIpc) is 2.31. The first kappa shape index (κ1) is 14.1. The fourth-order valence-corrected chi connectivity index (χ4v) is 1.65. The van der Waals surface area contributed by atoms with Gasteiger partial charge in [0.15, 0.2) is 11.6 Å². The van der Waals surface area contributed by atoms with Crippen molar-refractivity contribution in [1.82, 2.24) is 10.2 Å². The highest BCUT2D eigenvalue weighted by Crippen LogP contribution is 2.09. The maximum Gasteiger partial charge on any atom is 0.159 e. The second kappa shape index (κ2) is 7.35. The van der Waals surface area contributed by atoms with Gasteiger partial charge in [-0.25, -0.2) is 8.78 Å². The molecule has 0 aliphatic rings. The lowest BCUT2D eigenvalue weighted by atomic mass is 10.1. The van der Waals surface area contributed by atoms with Crippen molar-refractivity contribution in [2.75, 3.05) is 33.7 Å². The van der Waals surface area contributed by atoms with E-state index in [4.69, 9.17) is 0 Å². The molecule has 1 N–H and O–H groups in total. The van der Waals surface area contributed by atoms with Gasteiger partial charge in [0, 0.05) is 6.54 Å². The van der Waals surface area contributed by atoms with Crippen molar-refractivity contribution in [3.63, 3.8) is 0 Å². The van der Waals surface area contributed by atoms with Crippen LogP contribution in [0.5, 0.6) is 0 Å². The Morgan fingerprint density at radius 3 is 2.59 bits per heavy atom. The first-order chi connectivity index (χ1) is 8.13. The van der Waals surface area contributed by atoms with E-state index in [1.807, 2.05) is 14.1 Å². The number of likely N-dealkylation sites (N-methyl/N-ethyl adjacent to an activating group) is 1. The first-order valence-corrected chi connectivity index (χ1v) is 5.90. The summed E-state index contributed by atoms with van der Waals surface area (Å²) in [5.74, 6) is -1.54. The molecule has 0 saturated heterocycles. The zero-order valence-corrected chi connectivity index (χ0v) is 10.5. The Morgan fingerprint density at radius 2 is 1.94 bits per heavy atom. The minimum absolute atomic E-state index is 0.743.